The van der Waals surface area contributed by atoms with Crippen LogP contribution in [0.15, 0.2) is 29.3 Å². The highest BCUT2D eigenvalue weighted by atomic mass is 79.9. The van der Waals surface area contributed by atoms with E-state index in [1.807, 2.05) is 18.5 Å². The molecule has 0 amide bonds. The molecule has 28 heavy (non-hydrogen) atoms. The quantitative estimate of drug-likeness (QED) is 0.615. The Morgan fingerprint density at radius 1 is 1.18 bits per heavy atom. The van der Waals surface area contributed by atoms with Gasteiger partial charge in [0.25, 0.3) is 0 Å². The lowest BCUT2D eigenvalue weighted by Crippen LogP contribution is -2.49. The molecule has 1 saturated heterocycles. The number of nitrogens with zero attached hydrogens (tertiary/aromatic N) is 5. The minimum atomic E-state index is -0.474. The third kappa shape index (κ3) is 3.18. The highest BCUT2D eigenvalue weighted by Gasteiger charge is 2.32. The molecule has 146 valence electrons. The van der Waals surface area contributed by atoms with Crippen LogP contribution in [0.25, 0.3) is 22.2 Å². The first-order chi connectivity index (χ1) is 13.6. The predicted molar refractivity (Wildman–Crippen MR) is 110 cm³/mol. The van der Waals surface area contributed by atoms with Crippen LogP contribution in [0.2, 0.25) is 0 Å². The fourth-order valence-electron chi connectivity index (χ4n) is 4.61. The Labute approximate surface area is 171 Å². The first-order valence-electron chi connectivity index (χ1n) is 9.75. The smallest absolute Gasteiger partial charge is 0.220 e. The molecule has 0 aromatic carbocycles. The second-order valence-electron chi connectivity index (χ2n) is 7.92. The molecule has 5 rings (SSSR count). The molecule has 1 aliphatic heterocycles. The Balaban J connectivity index is 1.48. The SMILES string of the molecule is Nc1ncc(F)c(-c2cn(C3CN(CC4CCCC4)C3)c3cnc(Br)cc23)n1. The number of halogens is 2. The topological polar surface area (TPSA) is 72.9 Å². The lowest BCUT2D eigenvalue weighted by atomic mass is 10.0. The zero-order valence-electron chi connectivity index (χ0n) is 15.5. The van der Waals surface area contributed by atoms with Crippen LogP contribution in [-0.2, 0) is 0 Å². The Bertz CT molecular complexity index is 1020. The molecule has 1 aliphatic carbocycles. The van der Waals surface area contributed by atoms with Gasteiger partial charge in [-0.2, -0.15) is 0 Å². The predicted octanol–water partition coefficient (Wildman–Crippen LogP) is 4.02. The molecular weight excluding hydrogens is 423 g/mol. The third-order valence-electron chi connectivity index (χ3n) is 6.03. The summed E-state index contributed by atoms with van der Waals surface area (Å²) in [5, 5.41) is 0.910. The summed E-state index contributed by atoms with van der Waals surface area (Å²) in [5.74, 6) is 0.447. The summed E-state index contributed by atoms with van der Waals surface area (Å²) in [4.78, 5) is 14.8. The van der Waals surface area contributed by atoms with E-state index >= 15 is 0 Å². The number of nitrogen functional groups attached to an aromatic ring is 1. The number of nitrogens with two attached hydrogens (primary N) is 1. The molecule has 0 radical (unpaired) electrons. The molecule has 8 heteroatoms. The number of pyridine rings is 1. The molecule has 3 aromatic heterocycles. The highest BCUT2D eigenvalue weighted by Crippen LogP contribution is 2.37. The number of likely N-dealkylation sites (tertiary alicyclic amines) is 1. The van der Waals surface area contributed by atoms with Crippen molar-refractivity contribution >= 4 is 32.8 Å². The summed E-state index contributed by atoms with van der Waals surface area (Å²) in [6.07, 6.45) is 10.4. The number of aromatic nitrogens is 4. The maximum atomic E-state index is 14.5. The molecule has 0 bridgehead atoms. The van der Waals surface area contributed by atoms with Gasteiger partial charge in [-0.15, -0.1) is 0 Å². The Morgan fingerprint density at radius 2 is 1.96 bits per heavy atom. The minimum absolute atomic E-state index is 0.0665. The molecule has 1 saturated carbocycles. The lowest BCUT2D eigenvalue weighted by Gasteiger charge is -2.41. The van der Waals surface area contributed by atoms with E-state index < -0.39 is 5.82 Å². The van der Waals surface area contributed by atoms with Crippen LogP contribution in [0.1, 0.15) is 31.7 Å². The van der Waals surface area contributed by atoms with Crippen molar-refractivity contribution in [1.29, 1.82) is 0 Å². The van der Waals surface area contributed by atoms with Crippen molar-refractivity contribution in [2.75, 3.05) is 25.4 Å². The van der Waals surface area contributed by atoms with Crippen LogP contribution in [-0.4, -0.2) is 44.1 Å². The summed E-state index contributed by atoms with van der Waals surface area (Å²) in [7, 11) is 0. The van der Waals surface area contributed by atoms with Crippen LogP contribution < -0.4 is 5.73 Å². The summed E-state index contributed by atoms with van der Waals surface area (Å²) < 4.78 is 17.4. The van der Waals surface area contributed by atoms with Crippen molar-refractivity contribution in [2.24, 2.45) is 5.92 Å². The normalized spacial score (nSPS) is 18.8. The van der Waals surface area contributed by atoms with Gasteiger partial charge in [-0.05, 0) is 40.8 Å². The van der Waals surface area contributed by atoms with E-state index in [-0.39, 0.29) is 11.6 Å². The second kappa shape index (κ2) is 7.08. The van der Waals surface area contributed by atoms with Gasteiger partial charge < -0.3 is 10.3 Å². The fourth-order valence-corrected chi connectivity index (χ4v) is 4.94. The minimum Gasteiger partial charge on any atom is -0.368 e. The first kappa shape index (κ1) is 18.0. The molecule has 3 aromatic rings. The molecule has 0 unspecified atom stereocenters. The van der Waals surface area contributed by atoms with Gasteiger partial charge in [0.05, 0.1) is 24.0 Å². The molecular formula is C20H22BrFN6. The Kier molecular flexibility index (Phi) is 4.55. The number of anilines is 1. The summed E-state index contributed by atoms with van der Waals surface area (Å²) in [5.41, 5.74) is 7.66. The van der Waals surface area contributed by atoms with Crippen LogP contribution in [0.3, 0.4) is 0 Å². The van der Waals surface area contributed by atoms with E-state index in [1.165, 1.54) is 32.2 Å². The maximum absolute atomic E-state index is 14.5. The van der Waals surface area contributed by atoms with Gasteiger partial charge in [0, 0.05) is 36.8 Å². The van der Waals surface area contributed by atoms with Gasteiger partial charge >= 0.3 is 0 Å². The van der Waals surface area contributed by atoms with Gasteiger partial charge in [0.15, 0.2) is 5.82 Å². The average molecular weight is 445 g/mol. The van der Waals surface area contributed by atoms with Crippen molar-refractivity contribution in [3.8, 4) is 11.3 Å². The molecule has 0 spiro atoms. The van der Waals surface area contributed by atoms with Gasteiger partial charge in [-0.25, -0.2) is 19.3 Å². The third-order valence-corrected chi connectivity index (χ3v) is 6.46. The summed E-state index contributed by atoms with van der Waals surface area (Å²) >= 11 is 3.43. The summed E-state index contributed by atoms with van der Waals surface area (Å²) in [6, 6.07) is 2.27. The lowest BCUT2D eigenvalue weighted by molar-refractivity contribution is 0.0910. The fraction of sp³-hybridized carbons (Fsp3) is 0.450. The Morgan fingerprint density at radius 3 is 2.75 bits per heavy atom. The van der Waals surface area contributed by atoms with Gasteiger partial charge in [0.1, 0.15) is 10.3 Å². The number of rotatable bonds is 4. The van der Waals surface area contributed by atoms with Crippen LogP contribution >= 0.6 is 15.9 Å². The number of hydrogen-bond acceptors (Lipinski definition) is 5. The molecule has 4 heterocycles. The number of hydrogen-bond donors (Lipinski definition) is 1. The molecule has 0 atom stereocenters. The van der Waals surface area contributed by atoms with E-state index in [9.17, 15) is 4.39 Å². The van der Waals surface area contributed by atoms with Crippen molar-refractivity contribution in [3.05, 3.63) is 35.1 Å². The highest BCUT2D eigenvalue weighted by molar-refractivity contribution is 9.10. The van der Waals surface area contributed by atoms with Crippen LogP contribution in [0, 0.1) is 11.7 Å². The standard InChI is InChI=1S/C20H22BrFN6/c21-18-5-14-15(19-16(22)6-25-20(23)26-19)11-28(17(14)7-24-18)13-9-27(10-13)8-12-3-1-2-4-12/h5-7,11-13H,1-4,8-10H2,(H2,23,25,26). The van der Waals surface area contributed by atoms with Gasteiger partial charge in [-0.1, -0.05) is 12.8 Å². The van der Waals surface area contributed by atoms with E-state index in [0.29, 0.717) is 10.6 Å². The average Bonchev–Trinajstić information content (AvgIpc) is 3.27. The van der Waals surface area contributed by atoms with Crippen molar-refractivity contribution < 1.29 is 4.39 Å². The van der Waals surface area contributed by atoms with E-state index in [1.54, 1.807) is 0 Å². The van der Waals surface area contributed by atoms with Crippen molar-refractivity contribution in [3.63, 3.8) is 0 Å². The first-order valence-corrected chi connectivity index (χ1v) is 10.5. The van der Waals surface area contributed by atoms with Crippen LogP contribution in [0.5, 0.6) is 0 Å². The largest absolute Gasteiger partial charge is 0.368 e. The number of fused-ring (bicyclic) bond motifs is 1. The molecule has 2 fully saturated rings. The Hall–Kier alpha value is -2.06. The zero-order valence-corrected chi connectivity index (χ0v) is 17.1. The van der Waals surface area contributed by atoms with Gasteiger partial charge in [0.2, 0.25) is 5.95 Å². The summed E-state index contributed by atoms with van der Waals surface area (Å²) in [6.45, 7) is 3.23. The van der Waals surface area contributed by atoms with Gasteiger partial charge in [-0.3, -0.25) is 4.90 Å². The molecule has 6 nitrogen and oxygen atoms in total. The molecule has 2 N–H and O–H groups in total. The maximum Gasteiger partial charge on any atom is 0.220 e. The second-order valence-corrected chi connectivity index (χ2v) is 8.73. The monoisotopic (exact) mass is 444 g/mol. The van der Waals surface area contributed by atoms with E-state index in [2.05, 4.69) is 40.3 Å². The van der Waals surface area contributed by atoms with Crippen molar-refractivity contribution in [1.82, 2.24) is 24.4 Å². The zero-order chi connectivity index (χ0) is 19.3. The van der Waals surface area contributed by atoms with E-state index in [4.69, 9.17) is 5.73 Å². The van der Waals surface area contributed by atoms with E-state index in [0.717, 1.165) is 41.7 Å². The van der Waals surface area contributed by atoms with Crippen LogP contribution in [0.4, 0.5) is 10.3 Å². The molecule has 2 aliphatic rings. The van der Waals surface area contributed by atoms with Crippen molar-refractivity contribution in [2.45, 2.75) is 31.7 Å².